The number of likely N-dealkylation sites (N-methyl/N-ethyl adjacent to an activating group) is 1. The Morgan fingerprint density at radius 1 is 0.942 bits per heavy atom. The van der Waals surface area contributed by atoms with Crippen LogP contribution in [0.2, 0.25) is 0 Å². The maximum atomic E-state index is 15.8. The minimum absolute atomic E-state index is 0.0250. The van der Waals surface area contributed by atoms with Gasteiger partial charge in [0, 0.05) is 55.7 Å². The number of pyridine rings is 1. The normalized spacial score (nSPS) is 17.5. The zero-order chi connectivity index (χ0) is 37.4. The van der Waals surface area contributed by atoms with Crippen LogP contribution in [-0.2, 0) is 26.9 Å². The van der Waals surface area contributed by atoms with Crippen LogP contribution in [0.1, 0.15) is 29.2 Å². The summed E-state index contributed by atoms with van der Waals surface area (Å²) in [6.45, 7) is 5.31. The molecule has 0 aliphatic carbocycles. The van der Waals surface area contributed by atoms with Gasteiger partial charge in [-0.25, -0.2) is 22.1 Å². The van der Waals surface area contributed by atoms with Crippen molar-refractivity contribution in [2.45, 2.75) is 23.9 Å². The molecule has 3 heterocycles. The molecule has 6 rings (SSSR count). The van der Waals surface area contributed by atoms with Gasteiger partial charge in [0.2, 0.25) is 17.5 Å². The lowest BCUT2D eigenvalue weighted by Crippen LogP contribution is -2.53. The number of carbonyl (C=O) groups excluding carboxylic acids is 1. The van der Waals surface area contributed by atoms with Crippen LogP contribution in [-0.4, -0.2) is 78.3 Å². The molecular formula is C36H35F3N6O6S. The number of aromatic nitrogens is 1. The van der Waals surface area contributed by atoms with Gasteiger partial charge in [0.05, 0.1) is 38.1 Å². The molecule has 1 aromatic heterocycles. The third kappa shape index (κ3) is 5.94. The van der Waals surface area contributed by atoms with Gasteiger partial charge >= 0.3 is 0 Å². The Kier molecular flexibility index (Phi) is 10.0. The minimum atomic E-state index is -5.52. The molecule has 1 amide bonds. The summed E-state index contributed by atoms with van der Waals surface area (Å²) in [6, 6.07) is 16.4. The molecule has 0 saturated carbocycles. The monoisotopic (exact) mass is 736 g/mol. The Bertz CT molecular complexity index is 2170. The van der Waals surface area contributed by atoms with Gasteiger partial charge in [0.25, 0.3) is 15.9 Å². The lowest BCUT2D eigenvalue weighted by molar-refractivity contribution is -0.121. The second kappa shape index (κ2) is 14.3. The lowest BCUT2D eigenvalue weighted by Gasteiger charge is -2.34. The van der Waals surface area contributed by atoms with Crippen molar-refractivity contribution in [3.63, 3.8) is 0 Å². The number of fused-ring (bicyclic) bond motifs is 1. The Morgan fingerprint density at radius 3 is 2.27 bits per heavy atom. The van der Waals surface area contributed by atoms with Gasteiger partial charge in [-0.15, -0.1) is 0 Å². The number of hydrogen-bond donors (Lipinski definition) is 1. The van der Waals surface area contributed by atoms with Crippen molar-refractivity contribution in [2.75, 3.05) is 63.3 Å². The molecule has 16 heteroatoms. The molecule has 4 aromatic rings. The Labute approximate surface area is 299 Å². The number of nitrogens with one attached hydrogen (secondary N) is 1. The number of piperazine rings is 1. The molecule has 2 aliphatic heterocycles. The van der Waals surface area contributed by atoms with Crippen molar-refractivity contribution in [2.24, 2.45) is 0 Å². The van der Waals surface area contributed by atoms with E-state index in [1.54, 1.807) is 6.92 Å². The van der Waals surface area contributed by atoms with E-state index < -0.39 is 55.3 Å². The van der Waals surface area contributed by atoms with Gasteiger partial charge in [-0.3, -0.25) is 10.1 Å². The average molecular weight is 737 g/mol. The summed E-state index contributed by atoms with van der Waals surface area (Å²) in [4.78, 5) is 22.3. The van der Waals surface area contributed by atoms with Crippen LogP contribution in [0, 0.1) is 28.8 Å². The van der Waals surface area contributed by atoms with E-state index in [0.29, 0.717) is 5.56 Å². The SMILES string of the molecule is CCOc1ncccc1C1(NCc2ccc(N3CCN(C)CC3)cc2)C(=O)N(S(=O)(=O)c2c(F)c(F)c(OC)c(F)c2OC)c2ccc(C#N)cc21. The molecule has 3 aromatic carbocycles. The summed E-state index contributed by atoms with van der Waals surface area (Å²) in [7, 11) is -1.73. The number of sulfonamides is 1. The number of ether oxygens (including phenoxy) is 3. The molecule has 1 saturated heterocycles. The number of nitriles is 1. The highest BCUT2D eigenvalue weighted by molar-refractivity contribution is 7.93. The highest BCUT2D eigenvalue weighted by Crippen LogP contribution is 2.51. The van der Waals surface area contributed by atoms with Gasteiger partial charge in [-0.05, 0) is 62.0 Å². The van der Waals surface area contributed by atoms with Crippen LogP contribution in [0.25, 0.3) is 0 Å². The van der Waals surface area contributed by atoms with Crippen molar-refractivity contribution < 1.29 is 40.6 Å². The zero-order valence-electron chi connectivity index (χ0n) is 28.7. The molecule has 1 atom stereocenters. The smallest absolute Gasteiger partial charge is 0.277 e. The van der Waals surface area contributed by atoms with Gasteiger partial charge in [-0.2, -0.15) is 14.0 Å². The van der Waals surface area contributed by atoms with E-state index in [-0.39, 0.29) is 45.7 Å². The molecule has 12 nitrogen and oxygen atoms in total. The molecule has 1 N–H and O–H groups in total. The highest BCUT2D eigenvalue weighted by Gasteiger charge is 2.58. The molecule has 1 unspecified atom stereocenters. The Hall–Kier alpha value is -5.37. The third-order valence-corrected chi connectivity index (χ3v) is 10.9. The summed E-state index contributed by atoms with van der Waals surface area (Å²) >= 11 is 0. The fraction of sp³-hybridized carbons (Fsp3) is 0.306. The largest absolute Gasteiger partial charge is 0.492 e. The maximum Gasteiger partial charge on any atom is 0.277 e. The minimum Gasteiger partial charge on any atom is -0.492 e. The fourth-order valence-corrected chi connectivity index (χ4v) is 8.24. The van der Waals surface area contributed by atoms with E-state index in [1.807, 2.05) is 30.3 Å². The maximum absolute atomic E-state index is 15.8. The van der Waals surface area contributed by atoms with E-state index >= 15 is 18.0 Å². The number of benzene rings is 3. The fourth-order valence-electron chi connectivity index (χ4n) is 6.56. The zero-order valence-corrected chi connectivity index (χ0v) is 29.6. The standard InChI is InChI=1S/C36H35F3N6O6S/c1-5-51-34-25(7-6-14-41-34)36(42-21-22-8-11-24(12-9-22)44-17-15-43(2)16-18-44)26-19-23(20-40)10-13-27(26)45(35(36)46)52(47,48)33-29(38)28(37)31(49-3)30(39)32(33)50-4/h6-14,19,42H,5,15-18,21H2,1-4H3. The van der Waals surface area contributed by atoms with Crippen LogP contribution in [0.4, 0.5) is 24.5 Å². The van der Waals surface area contributed by atoms with Crippen LogP contribution in [0.15, 0.2) is 65.7 Å². The van der Waals surface area contributed by atoms with E-state index in [9.17, 15) is 13.7 Å². The number of carbonyl (C=O) groups is 1. The van der Waals surface area contributed by atoms with E-state index in [4.69, 9.17) is 9.47 Å². The first-order valence-corrected chi connectivity index (χ1v) is 17.7. The number of nitrogens with zero attached hydrogens (tertiary/aromatic N) is 5. The summed E-state index contributed by atoms with van der Waals surface area (Å²) in [5, 5.41) is 13.1. The average Bonchev–Trinajstić information content (AvgIpc) is 3.40. The summed E-state index contributed by atoms with van der Waals surface area (Å²) < 4.78 is 91.0. The number of anilines is 2. The number of rotatable bonds is 11. The summed E-state index contributed by atoms with van der Waals surface area (Å²) in [5.74, 6) is -9.27. The molecule has 0 radical (unpaired) electrons. The van der Waals surface area contributed by atoms with Gasteiger partial charge < -0.3 is 24.0 Å². The third-order valence-electron chi connectivity index (χ3n) is 9.18. The highest BCUT2D eigenvalue weighted by atomic mass is 32.2. The van der Waals surface area contributed by atoms with Gasteiger partial charge in [-0.1, -0.05) is 12.1 Å². The molecule has 52 heavy (non-hydrogen) atoms. The van der Waals surface area contributed by atoms with Gasteiger partial charge in [0.1, 0.15) is 0 Å². The number of halogens is 3. The topological polar surface area (TPSA) is 137 Å². The summed E-state index contributed by atoms with van der Waals surface area (Å²) in [5.41, 5.74) is -0.644. The molecule has 0 bridgehead atoms. The van der Waals surface area contributed by atoms with Crippen molar-refractivity contribution >= 4 is 27.3 Å². The van der Waals surface area contributed by atoms with Crippen LogP contribution < -0.4 is 28.7 Å². The number of hydrogen-bond acceptors (Lipinski definition) is 11. The van der Waals surface area contributed by atoms with Crippen LogP contribution in [0.5, 0.6) is 17.4 Å². The van der Waals surface area contributed by atoms with Crippen molar-refractivity contribution in [1.82, 2.24) is 15.2 Å². The second-order valence-corrected chi connectivity index (χ2v) is 13.8. The molecule has 1 fully saturated rings. The summed E-state index contributed by atoms with van der Waals surface area (Å²) in [6.07, 6.45) is 1.42. The van der Waals surface area contributed by atoms with Crippen LogP contribution >= 0.6 is 0 Å². The predicted molar refractivity (Wildman–Crippen MR) is 184 cm³/mol. The number of amides is 1. The molecule has 272 valence electrons. The number of methoxy groups -OCH3 is 2. The van der Waals surface area contributed by atoms with Crippen molar-refractivity contribution in [1.29, 1.82) is 5.26 Å². The molecule has 0 spiro atoms. The van der Waals surface area contributed by atoms with E-state index in [0.717, 1.165) is 46.1 Å². The first kappa shape index (κ1) is 36.4. The lowest BCUT2D eigenvalue weighted by atomic mass is 9.83. The predicted octanol–water partition coefficient (Wildman–Crippen LogP) is 4.31. The van der Waals surface area contributed by atoms with Crippen LogP contribution in [0.3, 0.4) is 0 Å². The van der Waals surface area contributed by atoms with Crippen molar-refractivity contribution in [3.05, 3.63) is 100 Å². The van der Waals surface area contributed by atoms with Crippen molar-refractivity contribution in [3.8, 4) is 23.4 Å². The first-order chi connectivity index (χ1) is 24.9. The Balaban J connectivity index is 1.53. The quantitative estimate of drug-likeness (QED) is 0.221. The molecular weight excluding hydrogens is 701 g/mol. The van der Waals surface area contributed by atoms with E-state index in [2.05, 4.69) is 31.9 Å². The first-order valence-electron chi connectivity index (χ1n) is 16.2. The van der Waals surface area contributed by atoms with Gasteiger partial charge in [0.15, 0.2) is 27.8 Å². The second-order valence-electron chi connectivity index (χ2n) is 12.1. The Morgan fingerprint density at radius 2 is 1.63 bits per heavy atom. The van der Waals surface area contributed by atoms with E-state index in [1.165, 1.54) is 36.5 Å². The molecule has 2 aliphatic rings.